The number of likely N-dealkylation sites (tertiary alicyclic amines) is 1. The smallest absolute Gasteiger partial charge is 0.00954 e. The van der Waals surface area contributed by atoms with Crippen molar-refractivity contribution in [2.24, 2.45) is 29.1 Å². The van der Waals surface area contributed by atoms with E-state index in [9.17, 15) is 0 Å². The molecule has 0 bridgehead atoms. The molecular formula is C20H37N. The lowest BCUT2D eigenvalue weighted by Crippen LogP contribution is -2.51. The average molecular weight is 292 g/mol. The molecule has 0 aromatic carbocycles. The topological polar surface area (TPSA) is 3.24 Å². The van der Waals surface area contributed by atoms with Crippen molar-refractivity contribution in [1.82, 2.24) is 4.90 Å². The molecule has 3 aliphatic rings. The lowest BCUT2D eigenvalue weighted by atomic mass is 9.55. The van der Waals surface area contributed by atoms with E-state index >= 15 is 0 Å². The number of rotatable bonds is 3. The van der Waals surface area contributed by atoms with Crippen molar-refractivity contribution in [3.05, 3.63) is 0 Å². The number of nitrogens with zero attached hydrogens (tertiary/aromatic N) is 1. The first-order valence-corrected chi connectivity index (χ1v) is 9.73. The summed E-state index contributed by atoms with van der Waals surface area (Å²) in [6, 6.07) is 0.929. The van der Waals surface area contributed by atoms with Crippen LogP contribution < -0.4 is 0 Å². The van der Waals surface area contributed by atoms with Gasteiger partial charge in [-0.05, 0) is 93.5 Å². The Morgan fingerprint density at radius 1 is 0.762 bits per heavy atom. The fourth-order valence-electron chi connectivity index (χ4n) is 5.43. The highest BCUT2D eigenvalue weighted by molar-refractivity contribution is 4.98. The fraction of sp³-hybridized carbons (Fsp3) is 1.00. The van der Waals surface area contributed by atoms with Crippen molar-refractivity contribution >= 4 is 0 Å². The predicted molar refractivity (Wildman–Crippen MR) is 91.4 cm³/mol. The van der Waals surface area contributed by atoms with Crippen LogP contribution in [0.3, 0.4) is 0 Å². The van der Waals surface area contributed by atoms with Crippen molar-refractivity contribution in [2.45, 2.75) is 85.1 Å². The van der Waals surface area contributed by atoms with Crippen LogP contribution in [0.25, 0.3) is 0 Å². The molecule has 0 aromatic heterocycles. The van der Waals surface area contributed by atoms with Crippen LogP contribution in [0.5, 0.6) is 0 Å². The summed E-state index contributed by atoms with van der Waals surface area (Å²) in [5.74, 6) is 3.87. The predicted octanol–water partition coefficient (Wildman–Crippen LogP) is 5.35. The van der Waals surface area contributed by atoms with Gasteiger partial charge in [0.05, 0.1) is 0 Å². The number of piperidine rings is 1. The van der Waals surface area contributed by atoms with Crippen molar-refractivity contribution in [3.8, 4) is 0 Å². The zero-order valence-electron chi connectivity index (χ0n) is 14.9. The summed E-state index contributed by atoms with van der Waals surface area (Å²) in [5, 5.41) is 0. The quantitative estimate of drug-likeness (QED) is 0.677. The monoisotopic (exact) mass is 291 g/mol. The molecule has 1 spiro atoms. The molecule has 0 aromatic rings. The van der Waals surface area contributed by atoms with Gasteiger partial charge in [-0.1, -0.05) is 27.7 Å². The number of hydrogen-bond acceptors (Lipinski definition) is 1. The molecule has 21 heavy (non-hydrogen) atoms. The summed E-state index contributed by atoms with van der Waals surface area (Å²) in [6.45, 7) is 12.5. The number of hydrogen-bond donors (Lipinski definition) is 0. The third kappa shape index (κ3) is 3.33. The third-order valence-electron chi connectivity index (χ3n) is 7.39. The van der Waals surface area contributed by atoms with Gasteiger partial charge in [0.15, 0.2) is 0 Å². The fourth-order valence-corrected chi connectivity index (χ4v) is 5.43. The Balaban J connectivity index is 1.43. The lowest BCUT2D eigenvalue weighted by molar-refractivity contribution is -0.0449. The minimum Gasteiger partial charge on any atom is -0.300 e. The van der Waals surface area contributed by atoms with Crippen molar-refractivity contribution < 1.29 is 0 Å². The normalized spacial score (nSPS) is 34.6. The standard InChI is InChI=1S/C20H37N/c1-15(2)17-5-7-19(8-6-17)21-11-9-20(10-12-21)13-18(14-20)16(3)4/h15-19H,5-14H2,1-4H3. The Morgan fingerprint density at radius 3 is 1.76 bits per heavy atom. The van der Waals surface area contributed by atoms with Crippen LogP contribution in [-0.2, 0) is 0 Å². The van der Waals surface area contributed by atoms with Crippen LogP contribution in [0.15, 0.2) is 0 Å². The van der Waals surface area contributed by atoms with Gasteiger partial charge in [-0.15, -0.1) is 0 Å². The molecule has 2 aliphatic carbocycles. The van der Waals surface area contributed by atoms with E-state index in [-0.39, 0.29) is 0 Å². The van der Waals surface area contributed by atoms with Gasteiger partial charge < -0.3 is 4.90 Å². The van der Waals surface area contributed by atoms with Crippen LogP contribution in [-0.4, -0.2) is 24.0 Å². The van der Waals surface area contributed by atoms with Gasteiger partial charge in [0, 0.05) is 6.04 Å². The summed E-state index contributed by atoms with van der Waals surface area (Å²) >= 11 is 0. The molecule has 0 atom stereocenters. The summed E-state index contributed by atoms with van der Waals surface area (Å²) in [6.07, 6.45) is 12.0. The van der Waals surface area contributed by atoms with Crippen molar-refractivity contribution in [1.29, 1.82) is 0 Å². The highest BCUT2D eigenvalue weighted by Crippen LogP contribution is 2.55. The molecule has 0 unspecified atom stereocenters. The largest absolute Gasteiger partial charge is 0.300 e. The first-order valence-electron chi connectivity index (χ1n) is 9.73. The van der Waals surface area contributed by atoms with E-state index in [1.165, 1.54) is 51.6 Å². The molecule has 1 heterocycles. The van der Waals surface area contributed by atoms with Gasteiger partial charge >= 0.3 is 0 Å². The molecule has 0 amide bonds. The maximum atomic E-state index is 2.87. The Morgan fingerprint density at radius 2 is 1.29 bits per heavy atom. The van der Waals surface area contributed by atoms with Crippen LogP contribution in [0, 0.1) is 29.1 Å². The van der Waals surface area contributed by atoms with E-state index in [1.54, 1.807) is 12.8 Å². The zero-order chi connectivity index (χ0) is 15.0. The second-order valence-corrected chi connectivity index (χ2v) is 9.26. The molecule has 2 saturated carbocycles. The van der Waals surface area contributed by atoms with Crippen LogP contribution in [0.1, 0.15) is 79.1 Å². The molecule has 0 radical (unpaired) electrons. The Kier molecular flexibility index (Phi) is 4.69. The van der Waals surface area contributed by atoms with E-state index in [1.807, 2.05) is 0 Å². The van der Waals surface area contributed by atoms with Gasteiger partial charge in [-0.3, -0.25) is 0 Å². The van der Waals surface area contributed by atoms with Crippen LogP contribution in [0.4, 0.5) is 0 Å². The minimum atomic E-state index is 0.778. The molecule has 1 nitrogen and oxygen atoms in total. The Bertz CT molecular complexity index is 322. The molecule has 1 heteroatoms. The second kappa shape index (κ2) is 6.22. The van der Waals surface area contributed by atoms with Gasteiger partial charge in [-0.2, -0.15) is 0 Å². The molecule has 122 valence electrons. The van der Waals surface area contributed by atoms with Gasteiger partial charge in [-0.25, -0.2) is 0 Å². The zero-order valence-corrected chi connectivity index (χ0v) is 14.9. The highest BCUT2D eigenvalue weighted by Gasteiger charge is 2.47. The summed E-state index contributed by atoms with van der Waals surface area (Å²) in [4.78, 5) is 2.87. The van der Waals surface area contributed by atoms with Crippen molar-refractivity contribution in [2.75, 3.05) is 13.1 Å². The lowest BCUT2D eigenvalue weighted by Gasteiger charge is -2.55. The van der Waals surface area contributed by atoms with E-state index in [0.29, 0.717) is 0 Å². The molecule has 1 aliphatic heterocycles. The SMILES string of the molecule is CC(C)C1CCC(N2CCC3(CC2)CC(C(C)C)C3)CC1. The third-order valence-corrected chi connectivity index (χ3v) is 7.39. The average Bonchev–Trinajstić information content (AvgIpc) is 2.45. The van der Waals surface area contributed by atoms with Crippen LogP contribution in [0.2, 0.25) is 0 Å². The maximum Gasteiger partial charge on any atom is 0.00954 e. The second-order valence-electron chi connectivity index (χ2n) is 9.26. The first-order chi connectivity index (χ1) is 9.99. The van der Waals surface area contributed by atoms with E-state index in [2.05, 4.69) is 32.6 Å². The summed E-state index contributed by atoms with van der Waals surface area (Å²) in [5.41, 5.74) is 0.778. The summed E-state index contributed by atoms with van der Waals surface area (Å²) in [7, 11) is 0. The van der Waals surface area contributed by atoms with Crippen LogP contribution >= 0.6 is 0 Å². The summed E-state index contributed by atoms with van der Waals surface area (Å²) < 4.78 is 0. The van der Waals surface area contributed by atoms with Crippen molar-refractivity contribution in [3.63, 3.8) is 0 Å². The molecule has 3 rings (SSSR count). The van der Waals surface area contributed by atoms with Gasteiger partial charge in [0.1, 0.15) is 0 Å². The molecular weight excluding hydrogens is 254 g/mol. The Hall–Kier alpha value is -0.0400. The molecule has 3 fully saturated rings. The highest BCUT2D eigenvalue weighted by atomic mass is 15.2. The molecule has 0 N–H and O–H groups in total. The molecule has 1 saturated heterocycles. The van der Waals surface area contributed by atoms with Gasteiger partial charge in [0.2, 0.25) is 0 Å². The van der Waals surface area contributed by atoms with E-state index in [4.69, 9.17) is 0 Å². The maximum absolute atomic E-state index is 2.87. The Labute approximate surface area is 132 Å². The van der Waals surface area contributed by atoms with Gasteiger partial charge in [0.25, 0.3) is 0 Å². The first kappa shape index (κ1) is 15.8. The minimum absolute atomic E-state index is 0.778. The van der Waals surface area contributed by atoms with E-state index < -0.39 is 0 Å². The van der Waals surface area contributed by atoms with E-state index in [0.717, 1.165) is 35.1 Å².